The van der Waals surface area contributed by atoms with Gasteiger partial charge in [-0.2, -0.15) is 5.10 Å². The highest BCUT2D eigenvalue weighted by Crippen LogP contribution is 2.35. The van der Waals surface area contributed by atoms with Crippen LogP contribution in [0.3, 0.4) is 0 Å². The molecule has 1 aliphatic carbocycles. The van der Waals surface area contributed by atoms with Gasteiger partial charge in [0, 0.05) is 19.0 Å². The number of rotatable bonds is 10. The van der Waals surface area contributed by atoms with Crippen molar-refractivity contribution >= 4 is 22.8 Å². The summed E-state index contributed by atoms with van der Waals surface area (Å²) < 4.78 is 2.07. The number of anilines is 1. The summed E-state index contributed by atoms with van der Waals surface area (Å²) in [6.45, 7) is 2.18. The third-order valence-electron chi connectivity index (χ3n) is 7.51. The van der Waals surface area contributed by atoms with Crippen LogP contribution in [-0.2, 0) is 6.54 Å². The number of hydrogen-bond acceptors (Lipinski definition) is 6. The molecule has 9 heteroatoms. The molecule has 1 aliphatic rings. The van der Waals surface area contributed by atoms with Gasteiger partial charge in [0.15, 0.2) is 5.82 Å². The van der Waals surface area contributed by atoms with Crippen molar-refractivity contribution < 1.29 is 9.90 Å². The first-order valence-corrected chi connectivity index (χ1v) is 13.7. The first-order chi connectivity index (χ1) is 18.9. The summed E-state index contributed by atoms with van der Waals surface area (Å²) in [7, 11) is 4.10. The summed E-state index contributed by atoms with van der Waals surface area (Å²) >= 11 is 0. The van der Waals surface area contributed by atoms with E-state index in [1.54, 1.807) is 12.1 Å². The van der Waals surface area contributed by atoms with Gasteiger partial charge < -0.3 is 19.9 Å². The van der Waals surface area contributed by atoms with E-state index in [9.17, 15) is 14.7 Å². The van der Waals surface area contributed by atoms with Gasteiger partial charge in [-0.05, 0) is 62.7 Å². The Hall–Kier alpha value is -3.98. The fourth-order valence-electron chi connectivity index (χ4n) is 5.53. The lowest BCUT2D eigenvalue weighted by atomic mass is 9.88. The molecule has 204 valence electrons. The monoisotopic (exact) mass is 528 g/mol. The van der Waals surface area contributed by atoms with E-state index in [4.69, 9.17) is 4.98 Å². The average Bonchev–Trinajstić information content (AvgIpc) is 3.33. The maximum atomic E-state index is 13.1. The lowest BCUT2D eigenvalue weighted by Crippen LogP contribution is -2.19. The normalized spacial score (nSPS) is 14.2. The molecular formula is C30H36N6O3. The van der Waals surface area contributed by atoms with Crippen molar-refractivity contribution in [3.05, 3.63) is 75.8 Å². The summed E-state index contributed by atoms with van der Waals surface area (Å²) in [5, 5.41) is 20.0. The summed E-state index contributed by atoms with van der Waals surface area (Å²) in [5.74, 6) is 0.907. The Morgan fingerprint density at radius 1 is 1.10 bits per heavy atom. The van der Waals surface area contributed by atoms with E-state index in [1.807, 2.05) is 50.5 Å². The highest BCUT2D eigenvalue weighted by molar-refractivity contribution is 5.96. The minimum Gasteiger partial charge on any atom is -0.478 e. The number of carboxylic acid groups (broad SMARTS) is 1. The Morgan fingerprint density at radius 2 is 1.85 bits per heavy atom. The molecular weight excluding hydrogens is 492 g/mol. The van der Waals surface area contributed by atoms with E-state index in [1.165, 1.54) is 6.42 Å². The number of imidazole rings is 1. The minimum atomic E-state index is -0.948. The Morgan fingerprint density at radius 3 is 2.56 bits per heavy atom. The Labute approximate surface area is 227 Å². The molecule has 1 saturated carbocycles. The van der Waals surface area contributed by atoms with Crippen molar-refractivity contribution in [3.8, 4) is 11.1 Å². The summed E-state index contributed by atoms with van der Waals surface area (Å²) in [6, 6.07) is 14.9. The number of benzene rings is 2. The Bertz CT molecular complexity index is 1500. The van der Waals surface area contributed by atoms with E-state index in [0.717, 1.165) is 62.1 Å². The van der Waals surface area contributed by atoms with Crippen LogP contribution in [0.25, 0.3) is 22.2 Å². The number of nitrogens with zero attached hydrogens (tertiary/aromatic N) is 4. The van der Waals surface area contributed by atoms with E-state index < -0.39 is 5.97 Å². The van der Waals surface area contributed by atoms with Gasteiger partial charge >= 0.3 is 5.97 Å². The number of carboxylic acids is 1. The van der Waals surface area contributed by atoms with Crippen molar-refractivity contribution in [1.29, 1.82) is 0 Å². The summed E-state index contributed by atoms with van der Waals surface area (Å²) in [6.07, 6.45) is 6.63. The SMILES string of the molecule is CN(C)CCCNc1n[nH]c(=O)c2c1nc(C1CCCCC1)n2Cc1ccc(-c2ccccc2C(=O)O)cc1. The van der Waals surface area contributed by atoms with Crippen LogP contribution in [0.5, 0.6) is 0 Å². The standard InChI is InChI=1S/C30H36N6O3/c1-35(2)18-8-17-31-27-25-26(29(37)34-33-27)36(28(32-25)22-9-4-3-5-10-22)19-20-13-15-21(16-14-20)23-11-6-7-12-24(23)30(38)39/h6-7,11-16,22H,3-5,8-10,17-19H2,1-2H3,(H,31,33)(H,34,37)(H,38,39). The third-order valence-corrected chi connectivity index (χ3v) is 7.51. The number of aromatic carboxylic acids is 1. The number of fused-ring (bicyclic) bond motifs is 1. The summed E-state index contributed by atoms with van der Waals surface area (Å²) in [4.78, 5) is 32.0. The molecule has 0 atom stereocenters. The number of aromatic nitrogens is 4. The lowest BCUT2D eigenvalue weighted by Gasteiger charge is -2.22. The maximum absolute atomic E-state index is 13.1. The fraction of sp³-hybridized carbons (Fsp3) is 0.400. The Kier molecular flexibility index (Phi) is 8.07. The molecule has 0 radical (unpaired) electrons. The van der Waals surface area contributed by atoms with E-state index in [0.29, 0.717) is 34.9 Å². The topological polar surface area (TPSA) is 116 Å². The first-order valence-electron chi connectivity index (χ1n) is 13.7. The number of H-pyrrole nitrogens is 1. The van der Waals surface area contributed by atoms with Gasteiger partial charge in [0.1, 0.15) is 16.9 Å². The molecule has 0 bridgehead atoms. The zero-order valence-electron chi connectivity index (χ0n) is 22.6. The largest absolute Gasteiger partial charge is 0.478 e. The van der Waals surface area contributed by atoms with Gasteiger partial charge in [-0.25, -0.2) is 14.9 Å². The van der Waals surface area contributed by atoms with Crippen LogP contribution in [-0.4, -0.2) is 62.9 Å². The highest BCUT2D eigenvalue weighted by Gasteiger charge is 2.25. The second kappa shape index (κ2) is 11.8. The molecule has 3 N–H and O–H groups in total. The van der Waals surface area contributed by atoms with Crippen LogP contribution < -0.4 is 10.9 Å². The van der Waals surface area contributed by atoms with Crippen LogP contribution >= 0.6 is 0 Å². The van der Waals surface area contributed by atoms with Crippen LogP contribution in [0.4, 0.5) is 5.82 Å². The first kappa shape index (κ1) is 26.6. The lowest BCUT2D eigenvalue weighted by molar-refractivity contribution is 0.0697. The van der Waals surface area contributed by atoms with Crippen molar-refractivity contribution in [1.82, 2.24) is 24.6 Å². The van der Waals surface area contributed by atoms with Crippen molar-refractivity contribution in [2.24, 2.45) is 0 Å². The molecule has 2 aromatic carbocycles. The molecule has 0 spiro atoms. The third kappa shape index (κ3) is 5.88. The van der Waals surface area contributed by atoms with E-state index in [-0.39, 0.29) is 11.1 Å². The quantitative estimate of drug-likeness (QED) is 0.250. The number of carbonyl (C=O) groups is 1. The van der Waals surface area contributed by atoms with Gasteiger partial charge in [-0.3, -0.25) is 4.79 Å². The number of nitrogens with one attached hydrogen (secondary N) is 2. The second-order valence-electron chi connectivity index (χ2n) is 10.6. The predicted molar refractivity (Wildman–Crippen MR) is 154 cm³/mol. The van der Waals surface area contributed by atoms with Crippen molar-refractivity contribution in [3.63, 3.8) is 0 Å². The van der Waals surface area contributed by atoms with Gasteiger partial charge in [0.25, 0.3) is 5.56 Å². The molecule has 0 unspecified atom stereocenters. The van der Waals surface area contributed by atoms with Crippen molar-refractivity contribution in [2.75, 3.05) is 32.5 Å². The van der Waals surface area contributed by atoms with Gasteiger partial charge in [-0.1, -0.05) is 61.7 Å². The highest BCUT2D eigenvalue weighted by atomic mass is 16.4. The molecule has 2 aromatic heterocycles. The predicted octanol–water partition coefficient (Wildman–Crippen LogP) is 4.94. The van der Waals surface area contributed by atoms with Crippen LogP contribution in [0.1, 0.15) is 66.2 Å². The van der Waals surface area contributed by atoms with E-state index >= 15 is 0 Å². The van der Waals surface area contributed by atoms with Gasteiger partial charge in [-0.15, -0.1) is 0 Å². The zero-order chi connectivity index (χ0) is 27.4. The molecule has 0 amide bonds. The minimum absolute atomic E-state index is 0.245. The van der Waals surface area contributed by atoms with Gasteiger partial charge in [0.05, 0.1) is 5.56 Å². The number of aromatic amines is 1. The van der Waals surface area contributed by atoms with Crippen LogP contribution in [0.15, 0.2) is 53.3 Å². The zero-order valence-corrected chi connectivity index (χ0v) is 22.6. The van der Waals surface area contributed by atoms with Crippen LogP contribution in [0, 0.1) is 0 Å². The molecule has 4 aromatic rings. The molecule has 0 aliphatic heterocycles. The smallest absolute Gasteiger partial charge is 0.336 e. The van der Waals surface area contributed by atoms with Gasteiger partial charge in [0.2, 0.25) is 0 Å². The average molecular weight is 529 g/mol. The molecule has 1 fully saturated rings. The van der Waals surface area contributed by atoms with E-state index in [2.05, 4.69) is 25.0 Å². The number of hydrogen-bond donors (Lipinski definition) is 3. The fourth-order valence-corrected chi connectivity index (χ4v) is 5.53. The summed E-state index contributed by atoms with van der Waals surface area (Å²) in [5.41, 5.74) is 3.73. The Balaban J connectivity index is 1.50. The maximum Gasteiger partial charge on any atom is 0.336 e. The molecule has 39 heavy (non-hydrogen) atoms. The van der Waals surface area contributed by atoms with Crippen LogP contribution in [0.2, 0.25) is 0 Å². The molecule has 5 rings (SSSR count). The second-order valence-corrected chi connectivity index (χ2v) is 10.6. The van der Waals surface area contributed by atoms with Crippen molar-refractivity contribution in [2.45, 2.75) is 51.0 Å². The molecule has 0 saturated heterocycles. The molecule has 2 heterocycles. The molecule has 9 nitrogen and oxygen atoms in total.